The molecule has 0 bridgehead atoms. The Morgan fingerprint density at radius 2 is 1.82 bits per heavy atom. The average molecular weight is 478 g/mol. The summed E-state index contributed by atoms with van der Waals surface area (Å²) >= 11 is 0. The highest BCUT2D eigenvalue weighted by molar-refractivity contribution is 5.94. The normalized spacial score (nSPS) is 14.3. The zero-order chi connectivity index (χ0) is 24.7. The predicted molar refractivity (Wildman–Crippen MR) is 117 cm³/mol. The van der Waals surface area contributed by atoms with Crippen molar-refractivity contribution < 1.29 is 27.9 Å². The number of likely N-dealkylation sites (tertiary alicyclic amines) is 1. The molecule has 1 fully saturated rings. The molecule has 1 aliphatic rings. The summed E-state index contributed by atoms with van der Waals surface area (Å²) in [5, 5.41) is 14.6. The van der Waals surface area contributed by atoms with E-state index in [9.17, 15) is 18.0 Å². The Balaban J connectivity index is 0.000000406. The minimum atomic E-state index is -5.08. The molecule has 3 heterocycles. The summed E-state index contributed by atoms with van der Waals surface area (Å²) in [6.07, 6.45) is 4.29. The number of halogens is 3. The van der Waals surface area contributed by atoms with Gasteiger partial charge in [-0.3, -0.25) is 9.48 Å². The number of anilines is 1. The number of hydrogen-bond acceptors (Lipinski definition) is 5. The minimum absolute atomic E-state index is 0.108. The molecule has 0 spiro atoms. The summed E-state index contributed by atoms with van der Waals surface area (Å²) in [7, 11) is 1.90. The first-order chi connectivity index (χ1) is 16.1. The highest BCUT2D eigenvalue weighted by atomic mass is 19.4. The first kappa shape index (κ1) is 24.8. The van der Waals surface area contributed by atoms with E-state index in [1.807, 2.05) is 54.8 Å². The van der Waals surface area contributed by atoms with Crippen LogP contribution in [-0.2, 0) is 18.4 Å². The highest BCUT2D eigenvalue weighted by Crippen LogP contribution is 2.27. The third-order valence-electron chi connectivity index (χ3n) is 5.37. The van der Waals surface area contributed by atoms with E-state index in [0.29, 0.717) is 12.5 Å². The van der Waals surface area contributed by atoms with Crippen molar-refractivity contribution in [3.63, 3.8) is 0 Å². The lowest BCUT2D eigenvalue weighted by Crippen LogP contribution is -2.37. The maximum absolute atomic E-state index is 12.8. The zero-order valence-corrected chi connectivity index (χ0v) is 18.4. The summed E-state index contributed by atoms with van der Waals surface area (Å²) in [6, 6.07) is 7.71. The largest absolute Gasteiger partial charge is 0.490 e. The number of rotatable bonds is 5. The van der Waals surface area contributed by atoms with Gasteiger partial charge in [0.1, 0.15) is 0 Å². The predicted octanol–water partition coefficient (Wildman–Crippen LogP) is 3.41. The summed E-state index contributed by atoms with van der Waals surface area (Å²) in [5.41, 5.74) is 4.03. The molecule has 0 aliphatic carbocycles. The van der Waals surface area contributed by atoms with Crippen molar-refractivity contribution in [1.82, 2.24) is 24.6 Å². The lowest BCUT2D eigenvalue weighted by atomic mass is 9.93. The van der Waals surface area contributed by atoms with Crippen molar-refractivity contribution in [2.45, 2.75) is 31.5 Å². The second-order valence-electron chi connectivity index (χ2n) is 7.83. The fourth-order valence-electron chi connectivity index (χ4n) is 3.56. The summed E-state index contributed by atoms with van der Waals surface area (Å²) in [4.78, 5) is 30.9. The molecule has 12 heteroatoms. The van der Waals surface area contributed by atoms with E-state index in [-0.39, 0.29) is 5.91 Å². The van der Waals surface area contributed by atoms with Crippen LogP contribution < -0.4 is 5.32 Å². The number of H-pyrrole nitrogens is 1. The number of piperidine rings is 1. The van der Waals surface area contributed by atoms with Gasteiger partial charge in [-0.1, -0.05) is 0 Å². The first-order valence-corrected chi connectivity index (χ1v) is 10.5. The highest BCUT2D eigenvalue weighted by Gasteiger charge is 2.38. The standard InChI is InChI=1S/C20H24N6O.C2HF3O2/c1-25-13-15(11-24-25)10-22-18-4-2-17(3-5-18)20(27)26-8-6-16(7-9-26)19-12-21-14-23-19;3-2(4,5)1(6)7/h2-5,11-14,16,22H,6-10H2,1H3,(H,21,23);(H,6,7). The van der Waals surface area contributed by atoms with E-state index in [0.717, 1.165) is 42.7 Å². The molecule has 3 aromatic rings. The van der Waals surface area contributed by atoms with E-state index < -0.39 is 12.1 Å². The van der Waals surface area contributed by atoms with Gasteiger partial charge < -0.3 is 20.3 Å². The van der Waals surface area contributed by atoms with Gasteiger partial charge >= 0.3 is 12.1 Å². The van der Waals surface area contributed by atoms with E-state index in [1.54, 1.807) is 11.0 Å². The number of carboxylic acids is 1. The minimum Gasteiger partial charge on any atom is -0.475 e. The Bertz CT molecular complexity index is 1070. The smallest absolute Gasteiger partial charge is 0.475 e. The molecule has 4 rings (SSSR count). The lowest BCUT2D eigenvalue weighted by molar-refractivity contribution is -0.192. The van der Waals surface area contributed by atoms with Gasteiger partial charge in [0.2, 0.25) is 0 Å². The monoisotopic (exact) mass is 478 g/mol. The van der Waals surface area contributed by atoms with Gasteiger partial charge in [0.25, 0.3) is 5.91 Å². The molecule has 0 radical (unpaired) electrons. The van der Waals surface area contributed by atoms with Crippen molar-refractivity contribution in [1.29, 1.82) is 0 Å². The Morgan fingerprint density at radius 1 is 1.18 bits per heavy atom. The Morgan fingerprint density at radius 3 is 2.32 bits per heavy atom. The van der Waals surface area contributed by atoms with Crippen molar-refractivity contribution in [3.05, 3.63) is 66.0 Å². The van der Waals surface area contributed by atoms with E-state index in [2.05, 4.69) is 20.4 Å². The van der Waals surface area contributed by atoms with Gasteiger partial charge in [-0.15, -0.1) is 0 Å². The van der Waals surface area contributed by atoms with Crippen LogP contribution in [-0.4, -0.2) is 60.9 Å². The second-order valence-corrected chi connectivity index (χ2v) is 7.83. The number of aliphatic carboxylic acids is 1. The number of amides is 1. The number of carbonyl (C=O) groups excluding carboxylic acids is 1. The van der Waals surface area contributed by atoms with Crippen molar-refractivity contribution >= 4 is 17.6 Å². The number of nitrogens with zero attached hydrogens (tertiary/aromatic N) is 4. The van der Waals surface area contributed by atoms with Gasteiger partial charge in [0, 0.05) is 67.5 Å². The number of hydrogen-bond donors (Lipinski definition) is 3. The van der Waals surface area contributed by atoms with Crippen LogP contribution in [0.1, 0.15) is 40.4 Å². The van der Waals surface area contributed by atoms with E-state index in [4.69, 9.17) is 9.90 Å². The second kappa shape index (κ2) is 10.9. The van der Waals surface area contributed by atoms with Crippen LogP contribution in [0.5, 0.6) is 0 Å². The number of aromatic nitrogens is 4. The first-order valence-electron chi connectivity index (χ1n) is 10.5. The van der Waals surface area contributed by atoms with Gasteiger partial charge in [-0.25, -0.2) is 9.78 Å². The molecule has 182 valence electrons. The number of alkyl halides is 3. The quantitative estimate of drug-likeness (QED) is 0.518. The fraction of sp³-hybridized carbons (Fsp3) is 0.364. The third-order valence-corrected chi connectivity index (χ3v) is 5.37. The number of carboxylic acid groups (broad SMARTS) is 1. The maximum Gasteiger partial charge on any atom is 0.490 e. The van der Waals surface area contributed by atoms with Gasteiger partial charge in [-0.05, 0) is 37.1 Å². The molecular formula is C22H25F3N6O3. The maximum atomic E-state index is 12.8. The van der Waals surface area contributed by atoms with Crippen LogP contribution in [0.3, 0.4) is 0 Å². The van der Waals surface area contributed by atoms with Crippen LogP contribution >= 0.6 is 0 Å². The molecular weight excluding hydrogens is 453 g/mol. The zero-order valence-electron chi connectivity index (χ0n) is 18.4. The van der Waals surface area contributed by atoms with Gasteiger partial charge in [-0.2, -0.15) is 18.3 Å². The van der Waals surface area contributed by atoms with Crippen LogP contribution in [0.15, 0.2) is 49.2 Å². The molecule has 0 unspecified atom stereocenters. The number of imidazole rings is 1. The Hall–Kier alpha value is -3.83. The van der Waals surface area contributed by atoms with Gasteiger partial charge in [0.15, 0.2) is 0 Å². The van der Waals surface area contributed by atoms with E-state index >= 15 is 0 Å². The molecule has 1 amide bonds. The molecule has 0 atom stereocenters. The number of benzene rings is 1. The summed E-state index contributed by atoms with van der Waals surface area (Å²) in [6.45, 7) is 2.27. The SMILES string of the molecule is Cn1cc(CNc2ccc(C(=O)N3CCC(c4cnc[nH]4)CC3)cc2)cn1.O=C(O)C(F)(F)F. The number of aryl methyl sites for hydroxylation is 1. The molecule has 2 aromatic heterocycles. The van der Waals surface area contributed by atoms with Crippen molar-refractivity contribution in [3.8, 4) is 0 Å². The fourth-order valence-corrected chi connectivity index (χ4v) is 3.56. The molecule has 34 heavy (non-hydrogen) atoms. The Labute approximate surface area is 193 Å². The van der Waals surface area contributed by atoms with Crippen LogP contribution in [0.2, 0.25) is 0 Å². The summed E-state index contributed by atoms with van der Waals surface area (Å²) in [5.74, 6) is -2.18. The summed E-state index contributed by atoms with van der Waals surface area (Å²) < 4.78 is 33.5. The average Bonchev–Trinajstić information content (AvgIpc) is 3.49. The van der Waals surface area contributed by atoms with E-state index in [1.165, 1.54) is 5.69 Å². The molecule has 9 nitrogen and oxygen atoms in total. The number of carbonyl (C=O) groups is 2. The van der Waals surface area contributed by atoms with Crippen molar-refractivity contribution in [2.75, 3.05) is 18.4 Å². The third kappa shape index (κ3) is 6.83. The van der Waals surface area contributed by atoms with Crippen molar-refractivity contribution in [2.24, 2.45) is 7.05 Å². The topological polar surface area (TPSA) is 116 Å². The molecule has 0 saturated carbocycles. The molecule has 1 saturated heterocycles. The molecule has 1 aliphatic heterocycles. The number of nitrogens with one attached hydrogen (secondary N) is 2. The van der Waals surface area contributed by atoms with Gasteiger partial charge in [0.05, 0.1) is 12.5 Å². The molecule has 1 aromatic carbocycles. The van der Waals surface area contributed by atoms with Crippen LogP contribution in [0.25, 0.3) is 0 Å². The molecule has 3 N–H and O–H groups in total. The number of aromatic amines is 1. The van der Waals surface area contributed by atoms with Crippen LogP contribution in [0.4, 0.5) is 18.9 Å². The Kier molecular flexibility index (Phi) is 7.92. The van der Waals surface area contributed by atoms with Crippen LogP contribution in [0, 0.1) is 0 Å². The lowest BCUT2D eigenvalue weighted by Gasteiger charge is -2.31.